The van der Waals surface area contributed by atoms with Crippen LogP contribution < -0.4 is 5.32 Å². The second-order valence-corrected chi connectivity index (χ2v) is 4.43. The third-order valence-corrected chi connectivity index (χ3v) is 2.95. The predicted molar refractivity (Wildman–Crippen MR) is 60.4 cm³/mol. The van der Waals surface area contributed by atoms with Crippen molar-refractivity contribution in [3.8, 4) is 0 Å². The smallest absolute Gasteiger partial charge is 0.251 e. The third kappa shape index (κ3) is 2.92. The molecule has 1 aliphatic heterocycles. The molecule has 1 saturated heterocycles. The largest absolute Gasteiger partial charge is 0.388 e. The van der Waals surface area contributed by atoms with Crippen molar-refractivity contribution in [2.45, 2.75) is 18.2 Å². The summed E-state index contributed by atoms with van der Waals surface area (Å²) < 4.78 is 43.7. The van der Waals surface area contributed by atoms with E-state index in [1.807, 2.05) is 0 Å². The summed E-state index contributed by atoms with van der Waals surface area (Å²) in [5.41, 5.74) is -0.436. The molecular weight excluding hydrogens is 279 g/mol. The number of amides is 1. The molecule has 0 bridgehead atoms. The van der Waals surface area contributed by atoms with Crippen molar-refractivity contribution in [1.29, 1.82) is 0 Å². The first kappa shape index (κ1) is 14.8. The molecule has 1 aromatic rings. The molecule has 8 heteroatoms. The molecule has 1 fully saturated rings. The molecule has 1 heterocycles. The van der Waals surface area contributed by atoms with Gasteiger partial charge >= 0.3 is 0 Å². The SMILES string of the molecule is O=C(N[C@@H]1COC[C@@H](O)[C@H]1O)c1cc(F)c(F)c(F)c1. The maximum Gasteiger partial charge on any atom is 0.251 e. The summed E-state index contributed by atoms with van der Waals surface area (Å²) >= 11 is 0. The van der Waals surface area contributed by atoms with Crippen molar-refractivity contribution < 1.29 is 32.9 Å². The van der Waals surface area contributed by atoms with Gasteiger partial charge in [0.2, 0.25) is 0 Å². The van der Waals surface area contributed by atoms with Crippen molar-refractivity contribution in [2.24, 2.45) is 0 Å². The molecule has 0 aliphatic carbocycles. The number of hydrogen-bond donors (Lipinski definition) is 3. The minimum absolute atomic E-state index is 0.0594. The average molecular weight is 291 g/mol. The first-order valence-corrected chi connectivity index (χ1v) is 5.79. The summed E-state index contributed by atoms with van der Waals surface area (Å²) in [5, 5.41) is 21.3. The summed E-state index contributed by atoms with van der Waals surface area (Å²) in [6.07, 6.45) is -2.43. The van der Waals surface area contributed by atoms with Crippen molar-refractivity contribution >= 4 is 5.91 Å². The fourth-order valence-corrected chi connectivity index (χ4v) is 1.85. The topological polar surface area (TPSA) is 78.8 Å². The highest BCUT2D eigenvalue weighted by Gasteiger charge is 2.32. The lowest BCUT2D eigenvalue weighted by molar-refractivity contribution is -0.102. The minimum atomic E-state index is -1.67. The number of nitrogens with one attached hydrogen (secondary N) is 1. The zero-order chi connectivity index (χ0) is 14.9. The first-order chi connectivity index (χ1) is 9.40. The van der Waals surface area contributed by atoms with Crippen molar-refractivity contribution in [3.05, 3.63) is 35.1 Å². The predicted octanol–water partition coefficient (Wildman–Crippen LogP) is -0.0457. The summed E-state index contributed by atoms with van der Waals surface area (Å²) in [4.78, 5) is 11.8. The molecule has 2 rings (SSSR count). The maximum atomic E-state index is 13.0. The number of benzene rings is 1. The Morgan fingerprint density at radius 1 is 1.20 bits per heavy atom. The normalized spacial score (nSPS) is 26.4. The molecule has 110 valence electrons. The Labute approximate surface area is 112 Å². The Morgan fingerprint density at radius 3 is 2.40 bits per heavy atom. The summed E-state index contributed by atoms with van der Waals surface area (Å²) in [6.45, 7) is -0.135. The van der Waals surface area contributed by atoms with E-state index in [-0.39, 0.29) is 13.2 Å². The van der Waals surface area contributed by atoms with Gasteiger partial charge in [0, 0.05) is 5.56 Å². The number of halogens is 3. The van der Waals surface area contributed by atoms with E-state index in [4.69, 9.17) is 4.74 Å². The molecule has 3 N–H and O–H groups in total. The van der Waals surface area contributed by atoms with Crippen LogP contribution in [0.15, 0.2) is 12.1 Å². The second-order valence-electron chi connectivity index (χ2n) is 4.43. The van der Waals surface area contributed by atoms with Crippen LogP contribution in [0.3, 0.4) is 0 Å². The molecule has 0 spiro atoms. The zero-order valence-electron chi connectivity index (χ0n) is 10.1. The summed E-state index contributed by atoms with van der Waals surface area (Å²) in [7, 11) is 0. The van der Waals surface area contributed by atoms with E-state index < -0.39 is 47.2 Å². The van der Waals surface area contributed by atoms with Crippen LogP contribution in [-0.4, -0.2) is 47.6 Å². The van der Waals surface area contributed by atoms with Crippen LogP contribution in [0.1, 0.15) is 10.4 Å². The molecule has 20 heavy (non-hydrogen) atoms. The Hall–Kier alpha value is -1.64. The summed E-state index contributed by atoms with van der Waals surface area (Å²) in [5.74, 6) is -5.56. The molecule has 0 radical (unpaired) electrons. The van der Waals surface area contributed by atoms with Gasteiger partial charge in [-0.1, -0.05) is 0 Å². The molecule has 3 atom stereocenters. The van der Waals surface area contributed by atoms with E-state index >= 15 is 0 Å². The lowest BCUT2D eigenvalue weighted by Gasteiger charge is -2.32. The molecular formula is C12H12F3NO4. The standard InChI is InChI=1S/C12H12F3NO4/c13-6-1-5(2-7(14)10(6)15)12(19)16-8-3-20-4-9(17)11(8)18/h1-2,8-9,11,17-18H,3-4H2,(H,16,19)/t8-,9-,11+/m1/s1. The Morgan fingerprint density at radius 2 is 1.80 bits per heavy atom. The molecule has 1 aromatic carbocycles. The van der Waals surface area contributed by atoms with Crippen LogP contribution in [0.5, 0.6) is 0 Å². The van der Waals surface area contributed by atoms with Gasteiger partial charge in [0.1, 0.15) is 12.2 Å². The van der Waals surface area contributed by atoms with E-state index in [9.17, 15) is 28.2 Å². The van der Waals surface area contributed by atoms with E-state index in [2.05, 4.69) is 5.32 Å². The Balaban J connectivity index is 2.12. The van der Waals surface area contributed by atoms with Gasteiger partial charge in [-0.05, 0) is 12.1 Å². The number of carbonyl (C=O) groups excluding carboxylic acids is 1. The molecule has 0 aromatic heterocycles. The van der Waals surface area contributed by atoms with Crippen molar-refractivity contribution in [2.75, 3.05) is 13.2 Å². The van der Waals surface area contributed by atoms with Crippen LogP contribution in [0.25, 0.3) is 0 Å². The molecule has 5 nitrogen and oxygen atoms in total. The fraction of sp³-hybridized carbons (Fsp3) is 0.417. The van der Waals surface area contributed by atoms with Crippen LogP contribution in [-0.2, 0) is 4.74 Å². The van der Waals surface area contributed by atoms with Gasteiger partial charge in [-0.15, -0.1) is 0 Å². The van der Waals surface area contributed by atoms with Crippen LogP contribution in [0, 0.1) is 17.5 Å². The average Bonchev–Trinajstić information content (AvgIpc) is 2.40. The van der Waals surface area contributed by atoms with E-state index in [0.29, 0.717) is 12.1 Å². The van der Waals surface area contributed by atoms with Crippen molar-refractivity contribution in [1.82, 2.24) is 5.32 Å². The van der Waals surface area contributed by atoms with Gasteiger partial charge in [-0.2, -0.15) is 0 Å². The van der Waals surface area contributed by atoms with Crippen LogP contribution in [0.2, 0.25) is 0 Å². The molecule has 1 aliphatic rings. The lowest BCUT2D eigenvalue weighted by Crippen LogP contribution is -2.55. The van der Waals surface area contributed by atoms with Gasteiger partial charge in [-0.25, -0.2) is 13.2 Å². The van der Waals surface area contributed by atoms with Crippen molar-refractivity contribution in [3.63, 3.8) is 0 Å². The van der Waals surface area contributed by atoms with E-state index in [1.165, 1.54) is 0 Å². The van der Waals surface area contributed by atoms with Crippen LogP contribution >= 0.6 is 0 Å². The highest BCUT2D eigenvalue weighted by atomic mass is 19.2. The first-order valence-electron chi connectivity index (χ1n) is 5.79. The highest BCUT2D eigenvalue weighted by Crippen LogP contribution is 2.15. The monoisotopic (exact) mass is 291 g/mol. The quantitative estimate of drug-likeness (QED) is 0.668. The van der Waals surface area contributed by atoms with Gasteiger partial charge in [0.25, 0.3) is 5.91 Å². The molecule has 0 saturated carbocycles. The van der Waals surface area contributed by atoms with Gasteiger partial charge in [0.05, 0.1) is 19.3 Å². The molecule has 1 amide bonds. The maximum absolute atomic E-state index is 13.0. The third-order valence-electron chi connectivity index (χ3n) is 2.95. The van der Waals surface area contributed by atoms with Crippen LogP contribution in [0.4, 0.5) is 13.2 Å². The highest BCUT2D eigenvalue weighted by molar-refractivity contribution is 5.94. The van der Waals surface area contributed by atoms with E-state index in [1.54, 1.807) is 0 Å². The number of aliphatic hydroxyl groups is 2. The zero-order valence-corrected chi connectivity index (χ0v) is 10.1. The van der Waals surface area contributed by atoms with Gasteiger partial charge in [0.15, 0.2) is 17.5 Å². The number of aliphatic hydroxyl groups excluding tert-OH is 2. The number of rotatable bonds is 2. The minimum Gasteiger partial charge on any atom is -0.388 e. The molecule has 0 unspecified atom stereocenters. The lowest BCUT2D eigenvalue weighted by atomic mass is 10.0. The number of ether oxygens (including phenoxy) is 1. The summed E-state index contributed by atoms with van der Waals surface area (Å²) in [6, 6.07) is 0.155. The van der Waals surface area contributed by atoms with Gasteiger partial charge in [-0.3, -0.25) is 4.79 Å². The number of carbonyl (C=O) groups is 1. The fourth-order valence-electron chi connectivity index (χ4n) is 1.85. The van der Waals surface area contributed by atoms with Gasteiger partial charge < -0.3 is 20.3 Å². The number of hydrogen-bond acceptors (Lipinski definition) is 4. The van der Waals surface area contributed by atoms with E-state index in [0.717, 1.165) is 0 Å². The Kier molecular flexibility index (Phi) is 4.26. The Bertz CT molecular complexity index is 502. The second kappa shape index (κ2) is 5.78.